The number of hydrogen-bond donors (Lipinski definition) is 1. The number of likely N-dealkylation sites (tertiary alicyclic amines) is 2. The maximum atomic E-state index is 13.0. The Morgan fingerprint density at radius 1 is 1.11 bits per heavy atom. The highest BCUT2D eigenvalue weighted by molar-refractivity contribution is 5.78. The van der Waals surface area contributed by atoms with E-state index in [2.05, 4.69) is 15.2 Å². The second kappa shape index (κ2) is 7.84. The first-order valence-corrected chi connectivity index (χ1v) is 11.0. The smallest absolute Gasteiger partial charge is 0.222 e. The Morgan fingerprint density at radius 2 is 1.79 bits per heavy atom. The molecule has 1 aliphatic carbocycles. The molecule has 1 aromatic heterocycles. The molecule has 1 saturated carbocycles. The van der Waals surface area contributed by atoms with Crippen LogP contribution < -0.4 is 0 Å². The molecule has 0 unspecified atom stereocenters. The zero-order valence-corrected chi connectivity index (χ0v) is 17.2. The van der Waals surface area contributed by atoms with E-state index in [4.69, 9.17) is 0 Å². The van der Waals surface area contributed by atoms with Crippen LogP contribution in [0.25, 0.3) is 0 Å². The lowest BCUT2D eigenvalue weighted by atomic mass is 9.80. The SMILES string of the molecule is CCC(=O)N1C[C@H]2CN(C(=O)CCC3CCCCC3)C[C@@]2(c2n[nH]c(C)n2)C1. The molecule has 28 heavy (non-hydrogen) atoms. The van der Waals surface area contributed by atoms with Crippen LogP contribution in [0.1, 0.15) is 69.9 Å². The van der Waals surface area contributed by atoms with E-state index in [1.807, 2.05) is 23.6 Å². The van der Waals surface area contributed by atoms with E-state index in [9.17, 15) is 9.59 Å². The van der Waals surface area contributed by atoms with Gasteiger partial charge in [-0.3, -0.25) is 14.7 Å². The number of amides is 2. The van der Waals surface area contributed by atoms with Crippen LogP contribution >= 0.6 is 0 Å². The molecule has 2 amide bonds. The molecule has 0 spiro atoms. The fourth-order valence-electron chi connectivity index (χ4n) is 5.51. The highest BCUT2D eigenvalue weighted by atomic mass is 16.2. The van der Waals surface area contributed by atoms with Crippen LogP contribution in [0.5, 0.6) is 0 Å². The number of H-pyrrole nitrogens is 1. The molecule has 3 fully saturated rings. The van der Waals surface area contributed by atoms with Gasteiger partial charge in [0.1, 0.15) is 5.82 Å². The summed E-state index contributed by atoms with van der Waals surface area (Å²) in [6.45, 7) is 6.46. The Balaban J connectivity index is 1.46. The van der Waals surface area contributed by atoms with Crippen molar-refractivity contribution in [2.75, 3.05) is 26.2 Å². The molecule has 0 radical (unpaired) electrons. The van der Waals surface area contributed by atoms with Gasteiger partial charge in [0.15, 0.2) is 5.82 Å². The molecule has 1 aromatic rings. The number of aromatic nitrogens is 3. The van der Waals surface area contributed by atoms with Crippen LogP contribution in [-0.2, 0) is 15.0 Å². The number of aryl methyl sites for hydroxylation is 1. The van der Waals surface area contributed by atoms with Gasteiger partial charge in [-0.15, -0.1) is 0 Å². The molecule has 7 nitrogen and oxygen atoms in total. The van der Waals surface area contributed by atoms with E-state index in [0.717, 1.165) is 24.0 Å². The van der Waals surface area contributed by atoms with Crippen molar-refractivity contribution in [1.82, 2.24) is 25.0 Å². The lowest BCUT2D eigenvalue weighted by Gasteiger charge is -2.27. The average molecular weight is 388 g/mol. The molecule has 2 saturated heterocycles. The third-order valence-corrected chi connectivity index (χ3v) is 7.15. The summed E-state index contributed by atoms with van der Waals surface area (Å²) < 4.78 is 0. The number of hydrogen-bond acceptors (Lipinski definition) is 4. The molecule has 1 N–H and O–H groups in total. The third-order valence-electron chi connectivity index (χ3n) is 7.15. The van der Waals surface area contributed by atoms with E-state index in [0.29, 0.717) is 39.0 Å². The summed E-state index contributed by atoms with van der Waals surface area (Å²) in [5.74, 6) is 2.93. The Morgan fingerprint density at radius 3 is 2.39 bits per heavy atom. The van der Waals surface area contributed by atoms with Crippen molar-refractivity contribution >= 4 is 11.8 Å². The Labute approximate surface area is 167 Å². The monoisotopic (exact) mass is 387 g/mol. The molecule has 0 bridgehead atoms. The van der Waals surface area contributed by atoms with Gasteiger partial charge in [0.05, 0.1) is 5.41 Å². The summed E-state index contributed by atoms with van der Waals surface area (Å²) in [4.78, 5) is 33.9. The zero-order valence-electron chi connectivity index (χ0n) is 17.2. The average Bonchev–Trinajstić information content (AvgIpc) is 3.38. The van der Waals surface area contributed by atoms with Gasteiger partial charge < -0.3 is 9.80 Å². The molecule has 7 heteroatoms. The Hall–Kier alpha value is -1.92. The van der Waals surface area contributed by atoms with Gasteiger partial charge in [-0.1, -0.05) is 39.0 Å². The largest absolute Gasteiger partial charge is 0.341 e. The molecule has 3 aliphatic rings. The van der Waals surface area contributed by atoms with Gasteiger partial charge in [0, 0.05) is 44.9 Å². The van der Waals surface area contributed by atoms with Crippen LogP contribution in [0.15, 0.2) is 0 Å². The van der Waals surface area contributed by atoms with Gasteiger partial charge in [-0.2, -0.15) is 5.10 Å². The molecular formula is C21H33N5O2. The van der Waals surface area contributed by atoms with Crippen LogP contribution in [0.2, 0.25) is 0 Å². The summed E-state index contributed by atoms with van der Waals surface area (Å²) in [5.41, 5.74) is -0.323. The first-order valence-electron chi connectivity index (χ1n) is 11.0. The van der Waals surface area contributed by atoms with Crippen molar-refractivity contribution in [2.24, 2.45) is 11.8 Å². The number of nitrogens with zero attached hydrogens (tertiary/aromatic N) is 4. The summed E-state index contributed by atoms with van der Waals surface area (Å²) in [5, 5.41) is 7.41. The molecule has 3 heterocycles. The van der Waals surface area contributed by atoms with Gasteiger partial charge >= 0.3 is 0 Å². The third kappa shape index (κ3) is 3.55. The van der Waals surface area contributed by atoms with Gasteiger partial charge in [0.25, 0.3) is 0 Å². The maximum Gasteiger partial charge on any atom is 0.222 e. The first kappa shape index (κ1) is 19.4. The molecule has 154 valence electrons. The number of carbonyl (C=O) groups is 2. The van der Waals surface area contributed by atoms with Crippen molar-refractivity contribution in [3.63, 3.8) is 0 Å². The van der Waals surface area contributed by atoms with Crippen molar-refractivity contribution in [3.05, 3.63) is 11.6 Å². The summed E-state index contributed by atoms with van der Waals surface area (Å²) in [6.07, 6.45) is 8.74. The summed E-state index contributed by atoms with van der Waals surface area (Å²) in [6, 6.07) is 0. The number of carbonyl (C=O) groups excluding carboxylic acids is 2. The second-order valence-corrected chi connectivity index (χ2v) is 9.04. The number of aromatic amines is 1. The number of nitrogens with one attached hydrogen (secondary N) is 1. The van der Waals surface area contributed by atoms with E-state index in [1.54, 1.807) is 0 Å². The quantitative estimate of drug-likeness (QED) is 0.841. The minimum Gasteiger partial charge on any atom is -0.341 e. The van der Waals surface area contributed by atoms with Gasteiger partial charge in [0.2, 0.25) is 11.8 Å². The van der Waals surface area contributed by atoms with Crippen molar-refractivity contribution in [2.45, 2.75) is 70.6 Å². The minimum atomic E-state index is -0.323. The van der Waals surface area contributed by atoms with E-state index >= 15 is 0 Å². The fourth-order valence-corrected chi connectivity index (χ4v) is 5.51. The first-order chi connectivity index (χ1) is 13.5. The standard InChI is InChI=1S/C21H33N5O2/c1-3-18(27)25-11-17-12-26(19(28)10-9-16-7-5-4-6-8-16)14-21(17,13-25)20-22-15(2)23-24-20/h16-17H,3-14H2,1-2H3,(H,22,23,24)/t17-,21-/m0/s1. The highest BCUT2D eigenvalue weighted by Gasteiger charge is 2.57. The Bertz CT molecular complexity index is 726. The van der Waals surface area contributed by atoms with E-state index in [-0.39, 0.29) is 23.1 Å². The maximum absolute atomic E-state index is 13.0. The van der Waals surface area contributed by atoms with Crippen LogP contribution in [-0.4, -0.2) is 63.0 Å². The second-order valence-electron chi connectivity index (χ2n) is 9.04. The predicted octanol–water partition coefficient (Wildman–Crippen LogP) is 2.42. The van der Waals surface area contributed by atoms with Crippen LogP contribution in [0.4, 0.5) is 0 Å². The van der Waals surface area contributed by atoms with Crippen molar-refractivity contribution in [1.29, 1.82) is 0 Å². The summed E-state index contributed by atoms with van der Waals surface area (Å²) in [7, 11) is 0. The molecule has 0 aromatic carbocycles. The van der Waals surface area contributed by atoms with Crippen LogP contribution in [0, 0.1) is 18.8 Å². The van der Waals surface area contributed by atoms with Gasteiger partial charge in [-0.05, 0) is 19.3 Å². The zero-order chi connectivity index (χ0) is 19.7. The minimum absolute atomic E-state index is 0.177. The number of fused-ring (bicyclic) bond motifs is 1. The summed E-state index contributed by atoms with van der Waals surface area (Å²) >= 11 is 0. The van der Waals surface area contributed by atoms with Gasteiger partial charge in [-0.25, -0.2) is 4.98 Å². The predicted molar refractivity (Wildman–Crippen MR) is 106 cm³/mol. The Kier molecular flexibility index (Phi) is 5.43. The molecular weight excluding hydrogens is 354 g/mol. The lowest BCUT2D eigenvalue weighted by Crippen LogP contribution is -2.41. The normalized spacial score (nSPS) is 28.0. The molecule has 4 rings (SSSR count). The molecule has 2 aliphatic heterocycles. The highest BCUT2D eigenvalue weighted by Crippen LogP contribution is 2.44. The van der Waals surface area contributed by atoms with E-state index in [1.165, 1.54) is 32.1 Å². The fraction of sp³-hybridized carbons (Fsp3) is 0.810. The van der Waals surface area contributed by atoms with Crippen molar-refractivity contribution < 1.29 is 9.59 Å². The van der Waals surface area contributed by atoms with Crippen LogP contribution in [0.3, 0.4) is 0 Å². The number of rotatable bonds is 5. The van der Waals surface area contributed by atoms with E-state index < -0.39 is 0 Å². The van der Waals surface area contributed by atoms with Crippen molar-refractivity contribution in [3.8, 4) is 0 Å². The molecule has 2 atom stereocenters. The lowest BCUT2D eigenvalue weighted by molar-refractivity contribution is -0.131. The topological polar surface area (TPSA) is 82.2 Å².